The van der Waals surface area contributed by atoms with E-state index in [1.807, 2.05) is 13.8 Å². The lowest BCUT2D eigenvalue weighted by Crippen LogP contribution is -2.33. The van der Waals surface area contributed by atoms with Crippen molar-refractivity contribution in [2.75, 3.05) is 0 Å². The van der Waals surface area contributed by atoms with Crippen molar-refractivity contribution >= 4 is 0 Å². The van der Waals surface area contributed by atoms with Gasteiger partial charge in [0, 0.05) is 0 Å². The fraction of sp³-hybridized carbons (Fsp3) is 0.778. The molecule has 0 aromatic carbocycles. The molecule has 0 aromatic rings. The van der Waals surface area contributed by atoms with Crippen LogP contribution >= 0.6 is 0 Å². The fourth-order valence-corrected chi connectivity index (χ4v) is 6.48. The van der Waals surface area contributed by atoms with Crippen LogP contribution in [-0.2, 0) is 0 Å². The van der Waals surface area contributed by atoms with Crippen LogP contribution in [0.3, 0.4) is 0 Å². The van der Waals surface area contributed by atoms with Crippen LogP contribution in [0.4, 0.5) is 0 Å². The highest BCUT2D eigenvalue weighted by molar-refractivity contribution is 5.38. The Morgan fingerprint density at radius 3 is 2.69 bits per heavy atom. The Labute approximate surface area is 179 Å². The summed E-state index contributed by atoms with van der Waals surface area (Å²) in [5, 5.41) is 20.2. The first kappa shape index (κ1) is 22.8. The van der Waals surface area contributed by atoms with Crippen molar-refractivity contribution in [1.29, 1.82) is 0 Å². The minimum absolute atomic E-state index is 0.361. The Balaban J connectivity index is 1.65. The van der Waals surface area contributed by atoms with Gasteiger partial charge < -0.3 is 10.2 Å². The van der Waals surface area contributed by atoms with Crippen LogP contribution in [0.15, 0.2) is 35.5 Å². The first-order valence-electron chi connectivity index (χ1n) is 12.1. The molecule has 0 spiro atoms. The van der Waals surface area contributed by atoms with Gasteiger partial charge in [0.25, 0.3) is 0 Å². The summed E-state index contributed by atoms with van der Waals surface area (Å²) >= 11 is 0. The molecular weight excluding hydrogens is 356 g/mol. The number of hydrogen-bond donors (Lipinski definition) is 2. The minimum Gasteiger partial charge on any atom is -0.390 e. The molecule has 3 rings (SSSR count). The molecule has 2 nitrogen and oxygen atoms in total. The van der Waals surface area contributed by atoms with Crippen LogP contribution in [0.25, 0.3) is 0 Å². The third kappa shape index (κ3) is 5.44. The summed E-state index contributed by atoms with van der Waals surface area (Å²) < 4.78 is 0. The second kappa shape index (κ2) is 9.10. The standard InChI is InChI=1S/C27H44O2/c1-19-17-22(20(2)25(28)18-19)12-11-21-9-8-16-27(5)23(13-14-24(21)27)10-6-7-15-26(3,4)29/h11-12,19,23-25,28-29H,2,6-10,13-18H2,1,3-5H3/b21-11+,22-12-. The van der Waals surface area contributed by atoms with Crippen molar-refractivity contribution in [3.63, 3.8) is 0 Å². The molecule has 5 unspecified atom stereocenters. The van der Waals surface area contributed by atoms with E-state index >= 15 is 0 Å². The highest BCUT2D eigenvalue weighted by Crippen LogP contribution is 2.58. The maximum atomic E-state index is 10.3. The van der Waals surface area contributed by atoms with E-state index in [-0.39, 0.29) is 6.10 Å². The summed E-state index contributed by atoms with van der Waals surface area (Å²) in [7, 11) is 0. The summed E-state index contributed by atoms with van der Waals surface area (Å²) in [6, 6.07) is 0. The van der Waals surface area contributed by atoms with E-state index in [4.69, 9.17) is 0 Å². The van der Waals surface area contributed by atoms with Gasteiger partial charge in [-0.2, -0.15) is 0 Å². The predicted octanol–water partition coefficient (Wildman–Crippen LogP) is 6.73. The van der Waals surface area contributed by atoms with Gasteiger partial charge in [-0.15, -0.1) is 0 Å². The molecule has 2 heteroatoms. The lowest BCUT2D eigenvalue weighted by Gasteiger charge is -2.42. The molecule has 5 atom stereocenters. The number of rotatable bonds is 6. The fourth-order valence-electron chi connectivity index (χ4n) is 6.48. The van der Waals surface area contributed by atoms with E-state index in [0.717, 1.165) is 43.1 Å². The van der Waals surface area contributed by atoms with Crippen LogP contribution in [0.2, 0.25) is 0 Å². The Morgan fingerprint density at radius 2 is 1.97 bits per heavy atom. The highest BCUT2D eigenvalue weighted by Gasteiger charge is 2.48. The molecule has 0 bridgehead atoms. The smallest absolute Gasteiger partial charge is 0.0789 e. The van der Waals surface area contributed by atoms with Crippen LogP contribution in [0, 0.1) is 23.2 Å². The number of allylic oxidation sites excluding steroid dienone is 3. The highest BCUT2D eigenvalue weighted by atomic mass is 16.3. The number of unbranched alkanes of at least 4 members (excludes halogenated alkanes) is 1. The minimum atomic E-state index is -0.523. The van der Waals surface area contributed by atoms with Gasteiger partial charge in [-0.1, -0.05) is 51.0 Å². The van der Waals surface area contributed by atoms with E-state index in [0.29, 0.717) is 11.3 Å². The zero-order valence-electron chi connectivity index (χ0n) is 19.3. The zero-order valence-corrected chi connectivity index (χ0v) is 19.3. The Hall–Kier alpha value is -0.860. The van der Waals surface area contributed by atoms with E-state index in [9.17, 15) is 10.2 Å². The van der Waals surface area contributed by atoms with Gasteiger partial charge >= 0.3 is 0 Å². The van der Waals surface area contributed by atoms with Crippen LogP contribution in [0.5, 0.6) is 0 Å². The molecule has 2 N–H and O–H groups in total. The van der Waals surface area contributed by atoms with E-state index in [1.54, 1.807) is 5.57 Å². The molecule has 164 valence electrons. The average Bonchev–Trinajstić information content (AvgIpc) is 2.96. The van der Waals surface area contributed by atoms with Crippen molar-refractivity contribution in [2.45, 2.75) is 110 Å². The quantitative estimate of drug-likeness (QED) is 0.485. The summed E-state index contributed by atoms with van der Waals surface area (Å²) in [5.74, 6) is 2.10. The second-order valence-corrected chi connectivity index (χ2v) is 11.3. The lowest BCUT2D eigenvalue weighted by molar-refractivity contribution is 0.0659. The molecule has 3 fully saturated rings. The van der Waals surface area contributed by atoms with Gasteiger partial charge in [-0.25, -0.2) is 0 Å². The van der Waals surface area contributed by atoms with Gasteiger partial charge in [0.2, 0.25) is 0 Å². The maximum Gasteiger partial charge on any atom is 0.0789 e. The molecule has 3 saturated carbocycles. The van der Waals surface area contributed by atoms with E-state index < -0.39 is 5.60 Å². The van der Waals surface area contributed by atoms with E-state index in [1.165, 1.54) is 50.5 Å². The van der Waals surface area contributed by atoms with Crippen LogP contribution < -0.4 is 0 Å². The summed E-state index contributed by atoms with van der Waals surface area (Å²) in [6.45, 7) is 12.8. The van der Waals surface area contributed by atoms with Gasteiger partial charge in [-0.3, -0.25) is 0 Å². The molecule has 0 radical (unpaired) electrons. The molecule has 29 heavy (non-hydrogen) atoms. The monoisotopic (exact) mass is 400 g/mol. The first-order valence-corrected chi connectivity index (χ1v) is 12.1. The summed E-state index contributed by atoms with van der Waals surface area (Å²) in [5.41, 5.74) is 3.77. The van der Waals surface area contributed by atoms with Crippen molar-refractivity contribution in [3.8, 4) is 0 Å². The number of aliphatic hydroxyl groups is 2. The Morgan fingerprint density at radius 1 is 1.21 bits per heavy atom. The molecule has 0 heterocycles. The van der Waals surface area contributed by atoms with Gasteiger partial charge in [0.15, 0.2) is 0 Å². The van der Waals surface area contributed by atoms with E-state index in [2.05, 4.69) is 32.6 Å². The predicted molar refractivity (Wildman–Crippen MR) is 123 cm³/mol. The average molecular weight is 401 g/mol. The SMILES string of the molecule is C=C1/C(=C\C=C2/CCCC3(C)C(CCCCC(C)(C)O)CCC23)CC(C)CC1O. The normalized spacial score (nSPS) is 38.6. The van der Waals surface area contributed by atoms with Gasteiger partial charge in [0.1, 0.15) is 0 Å². The van der Waals surface area contributed by atoms with Crippen LogP contribution in [0.1, 0.15) is 98.3 Å². The maximum absolute atomic E-state index is 10.3. The molecule has 0 aromatic heterocycles. The molecular formula is C27H44O2. The Kier molecular flexibility index (Phi) is 7.16. The summed E-state index contributed by atoms with van der Waals surface area (Å²) in [6.07, 6.45) is 17.4. The molecule has 3 aliphatic rings. The molecule has 0 saturated heterocycles. The number of aliphatic hydroxyl groups excluding tert-OH is 1. The number of fused-ring (bicyclic) bond motifs is 1. The van der Waals surface area contributed by atoms with Crippen molar-refractivity contribution in [3.05, 3.63) is 35.5 Å². The first-order chi connectivity index (χ1) is 13.6. The molecule has 3 aliphatic carbocycles. The third-order valence-corrected chi connectivity index (χ3v) is 8.26. The van der Waals surface area contributed by atoms with Crippen molar-refractivity contribution < 1.29 is 10.2 Å². The van der Waals surface area contributed by atoms with Crippen molar-refractivity contribution in [1.82, 2.24) is 0 Å². The second-order valence-electron chi connectivity index (χ2n) is 11.3. The summed E-state index contributed by atoms with van der Waals surface area (Å²) in [4.78, 5) is 0. The largest absolute Gasteiger partial charge is 0.390 e. The van der Waals surface area contributed by atoms with Crippen LogP contribution in [-0.4, -0.2) is 21.9 Å². The van der Waals surface area contributed by atoms with Gasteiger partial charge in [0.05, 0.1) is 11.7 Å². The lowest BCUT2D eigenvalue weighted by atomic mass is 9.62. The van der Waals surface area contributed by atoms with Gasteiger partial charge in [-0.05, 0) is 106 Å². The molecule has 0 aliphatic heterocycles. The zero-order chi connectivity index (χ0) is 21.2. The van der Waals surface area contributed by atoms with Crippen molar-refractivity contribution in [2.24, 2.45) is 23.2 Å². The third-order valence-electron chi connectivity index (χ3n) is 8.26. The Bertz CT molecular complexity index is 650. The topological polar surface area (TPSA) is 40.5 Å². The number of hydrogen-bond acceptors (Lipinski definition) is 2. The molecule has 0 amide bonds.